The predicted octanol–water partition coefficient (Wildman–Crippen LogP) is 5.09. The molecule has 0 radical (unpaired) electrons. The van der Waals surface area contributed by atoms with Gasteiger partial charge in [-0.3, -0.25) is 0 Å². The first-order chi connectivity index (χ1) is 11.9. The Kier molecular flexibility index (Phi) is 3.93. The van der Waals surface area contributed by atoms with Gasteiger partial charge in [-0.05, 0) is 79.0 Å². The van der Waals surface area contributed by atoms with Gasteiger partial charge in [0.15, 0.2) is 0 Å². The summed E-state index contributed by atoms with van der Waals surface area (Å²) in [6.45, 7) is 1.79. The summed E-state index contributed by atoms with van der Waals surface area (Å²) in [5.74, 6) is -1.84. The van der Waals surface area contributed by atoms with E-state index in [2.05, 4.69) is 0 Å². The number of rotatable bonds is 3. The van der Waals surface area contributed by atoms with Gasteiger partial charge in [-0.15, -0.1) is 0 Å². The molecule has 0 heterocycles. The minimum absolute atomic E-state index is 0.0110. The molecule has 0 amide bonds. The maximum atomic E-state index is 14.9. The van der Waals surface area contributed by atoms with Crippen LogP contribution in [0, 0.1) is 23.2 Å². The van der Waals surface area contributed by atoms with Crippen LogP contribution in [0.15, 0.2) is 18.2 Å². The second-order valence-corrected chi connectivity index (χ2v) is 8.59. The van der Waals surface area contributed by atoms with E-state index < -0.39 is 11.3 Å². The molecule has 2 fully saturated rings. The third-order valence-corrected chi connectivity index (χ3v) is 7.48. The molecule has 3 aliphatic carbocycles. The van der Waals surface area contributed by atoms with Crippen molar-refractivity contribution < 1.29 is 18.7 Å². The molecule has 2 nitrogen and oxygen atoms in total. The monoisotopic (exact) mass is 348 g/mol. The molecule has 1 aromatic rings. The standard InChI is InChI=1S/C21H26F2O2/c1-20-9-8-17-16-7-5-15(25)11-13(16)4-6-18(17)19(20)14(3-2-10-24)12-21(20,22)23/h5,7,10-11,14,17-19,25H,2-4,6,8-9,12H2,1H3. The van der Waals surface area contributed by atoms with Crippen molar-refractivity contribution in [2.75, 3.05) is 0 Å². The second kappa shape index (κ2) is 5.78. The minimum Gasteiger partial charge on any atom is -0.508 e. The van der Waals surface area contributed by atoms with Gasteiger partial charge < -0.3 is 9.90 Å². The van der Waals surface area contributed by atoms with Crippen LogP contribution in [0.3, 0.4) is 0 Å². The number of carbonyl (C=O) groups is 1. The lowest BCUT2D eigenvalue weighted by Crippen LogP contribution is -2.47. The first-order valence-corrected chi connectivity index (χ1v) is 9.50. The zero-order valence-electron chi connectivity index (χ0n) is 14.7. The fourth-order valence-corrected chi connectivity index (χ4v) is 6.37. The van der Waals surface area contributed by atoms with Crippen LogP contribution in [-0.2, 0) is 11.2 Å². The molecule has 5 unspecified atom stereocenters. The van der Waals surface area contributed by atoms with Crippen LogP contribution < -0.4 is 0 Å². The summed E-state index contributed by atoms with van der Waals surface area (Å²) in [7, 11) is 0. The number of aryl methyl sites for hydroxylation is 1. The van der Waals surface area contributed by atoms with Gasteiger partial charge in [0.05, 0.1) is 0 Å². The van der Waals surface area contributed by atoms with E-state index in [0.29, 0.717) is 25.2 Å². The summed E-state index contributed by atoms with van der Waals surface area (Å²) < 4.78 is 29.9. The van der Waals surface area contributed by atoms with Crippen molar-refractivity contribution in [1.29, 1.82) is 0 Å². The smallest absolute Gasteiger partial charge is 0.253 e. The van der Waals surface area contributed by atoms with Crippen molar-refractivity contribution in [2.45, 2.75) is 63.7 Å². The average molecular weight is 348 g/mol. The minimum atomic E-state index is -2.63. The SMILES string of the molecule is CC12CCC3c4ccc(O)cc4CCC3C1C(CCC=O)CC2(F)F. The summed E-state index contributed by atoms with van der Waals surface area (Å²) >= 11 is 0. The Hall–Kier alpha value is -1.45. The molecule has 0 aromatic heterocycles. The summed E-state index contributed by atoms with van der Waals surface area (Å²) in [4.78, 5) is 10.8. The number of carbonyl (C=O) groups excluding carboxylic acids is 1. The topological polar surface area (TPSA) is 37.3 Å². The van der Waals surface area contributed by atoms with Crippen LogP contribution in [0.25, 0.3) is 0 Å². The van der Waals surface area contributed by atoms with E-state index in [4.69, 9.17) is 0 Å². The molecule has 3 aliphatic rings. The number of aromatic hydroxyl groups is 1. The largest absolute Gasteiger partial charge is 0.508 e. The number of halogens is 2. The van der Waals surface area contributed by atoms with Crippen LogP contribution >= 0.6 is 0 Å². The quantitative estimate of drug-likeness (QED) is 0.773. The number of fused-ring (bicyclic) bond motifs is 5. The molecular weight excluding hydrogens is 322 g/mol. The van der Waals surface area contributed by atoms with Crippen molar-refractivity contribution in [2.24, 2.45) is 23.2 Å². The lowest BCUT2D eigenvalue weighted by Gasteiger charge is -2.51. The van der Waals surface area contributed by atoms with Gasteiger partial charge in [0.25, 0.3) is 5.92 Å². The fraction of sp³-hybridized carbons (Fsp3) is 0.667. The van der Waals surface area contributed by atoms with Crippen molar-refractivity contribution in [3.8, 4) is 5.75 Å². The number of benzene rings is 1. The number of phenols is 1. The maximum absolute atomic E-state index is 14.9. The summed E-state index contributed by atoms with van der Waals surface area (Å²) in [6, 6.07) is 5.56. The zero-order chi connectivity index (χ0) is 17.8. The molecule has 1 N–H and O–H groups in total. The lowest BCUT2D eigenvalue weighted by molar-refractivity contribution is -0.133. The number of phenolic OH excluding ortho intramolecular Hbond substituents is 1. The Labute approximate surface area is 147 Å². The molecule has 0 aliphatic heterocycles. The Balaban J connectivity index is 1.71. The van der Waals surface area contributed by atoms with Gasteiger partial charge in [0.2, 0.25) is 0 Å². The highest BCUT2D eigenvalue weighted by Gasteiger charge is 2.66. The van der Waals surface area contributed by atoms with E-state index in [1.54, 1.807) is 13.0 Å². The van der Waals surface area contributed by atoms with E-state index in [0.717, 1.165) is 25.5 Å². The van der Waals surface area contributed by atoms with Gasteiger partial charge in [0, 0.05) is 18.3 Å². The Bertz CT molecular complexity index is 686. The molecule has 2 saturated carbocycles. The normalized spacial score (nSPS) is 38.5. The van der Waals surface area contributed by atoms with Gasteiger partial charge in [-0.2, -0.15) is 0 Å². The summed E-state index contributed by atoms with van der Waals surface area (Å²) in [5.41, 5.74) is 1.50. The second-order valence-electron chi connectivity index (χ2n) is 8.59. The predicted molar refractivity (Wildman–Crippen MR) is 91.8 cm³/mol. The van der Waals surface area contributed by atoms with Crippen LogP contribution in [0.2, 0.25) is 0 Å². The molecular formula is C21H26F2O2. The molecule has 1 aromatic carbocycles. The lowest BCUT2D eigenvalue weighted by atomic mass is 9.53. The highest BCUT2D eigenvalue weighted by atomic mass is 19.3. The van der Waals surface area contributed by atoms with Crippen LogP contribution in [0.4, 0.5) is 8.78 Å². The highest BCUT2D eigenvalue weighted by Crippen LogP contribution is 2.68. The van der Waals surface area contributed by atoms with E-state index in [1.165, 1.54) is 11.1 Å². The van der Waals surface area contributed by atoms with Crippen molar-refractivity contribution in [3.63, 3.8) is 0 Å². The number of alkyl halides is 2. The first kappa shape index (κ1) is 17.0. The van der Waals surface area contributed by atoms with Crippen molar-refractivity contribution in [3.05, 3.63) is 29.3 Å². The van der Waals surface area contributed by atoms with E-state index in [9.17, 15) is 18.7 Å². The number of hydrogen-bond acceptors (Lipinski definition) is 2. The van der Waals surface area contributed by atoms with Gasteiger partial charge >= 0.3 is 0 Å². The van der Waals surface area contributed by atoms with Gasteiger partial charge in [-0.25, -0.2) is 8.78 Å². The molecule has 0 spiro atoms. The van der Waals surface area contributed by atoms with Crippen molar-refractivity contribution >= 4 is 6.29 Å². The number of aldehydes is 1. The molecule has 25 heavy (non-hydrogen) atoms. The van der Waals surface area contributed by atoms with Crippen LogP contribution in [0.1, 0.15) is 62.5 Å². The molecule has 136 valence electrons. The van der Waals surface area contributed by atoms with Gasteiger partial charge in [-0.1, -0.05) is 13.0 Å². The molecule has 0 saturated heterocycles. The third-order valence-electron chi connectivity index (χ3n) is 7.48. The summed E-state index contributed by atoms with van der Waals surface area (Å²) in [6.07, 6.45) is 4.88. The van der Waals surface area contributed by atoms with Crippen molar-refractivity contribution in [1.82, 2.24) is 0 Å². The van der Waals surface area contributed by atoms with E-state index >= 15 is 0 Å². The van der Waals surface area contributed by atoms with E-state index in [1.807, 2.05) is 12.1 Å². The van der Waals surface area contributed by atoms with E-state index in [-0.39, 0.29) is 29.9 Å². The average Bonchev–Trinajstić information content (AvgIpc) is 2.78. The third kappa shape index (κ3) is 2.43. The molecule has 4 heteroatoms. The first-order valence-electron chi connectivity index (χ1n) is 9.50. The maximum Gasteiger partial charge on any atom is 0.253 e. The summed E-state index contributed by atoms with van der Waals surface area (Å²) in [5, 5.41) is 9.75. The Morgan fingerprint density at radius 3 is 2.88 bits per heavy atom. The number of hydrogen-bond donors (Lipinski definition) is 1. The van der Waals surface area contributed by atoms with Gasteiger partial charge in [0.1, 0.15) is 12.0 Å². The Morgan fingerprint density at radius 2 is 2.12 bits per heavy atom. The molecule has 0 bridgehead atoms. The molecule has 5 atom stereocenters. The fourth-order valence-electron chi connectivity index (χ4n) is 6.37. The van der Waals surface area contributed by atoms with Crippen LogP contribution in [-0.4, -0.2) is 17.3 Å². The highest BCUT2D eigenvalue weighted by molar-refractivity contribution is 5.49. The molecule has 4 rings (SSSR count). The zero-order valence-corrected chi connectivity index (χ0v) is 14.7. The van der Waals surface area contributed by atoms with Crippen LogP contribution in [0.5, 0.6) is 5.75 Å². The Morgan fingerprint density at radius 1 is 1.32 bits per heavy atom.